The van der Waals surface area contributed by atoms with Crippen LogP contribution in [0.5, 0.6) is 0 Å². The number of hydrogen-bond donors (Lipinski definition) is 1. The predicted molar refractivity (Wildman–Crippen MR) is 80.7 cm³/mol. The molecule has 0 bridgehead atoms. The summed E-state index contributed by atoms with van der Waals surface area (Å²) in [6, 6.07) is 1.72. The fourth-order valence-electron chi connectivity index (χ4n) is 2.90. The molecular formula is C15H19N5O2. The first-order valence-corrected chi connectivity index (χ1v) is 7.55. The molecule has 0 saturated heterocycles. The van der Waals surface area contributed by atoms with Crippen LogP contribution in [0, 0.1) is 0 Å². The molecule has 116 valence electrons. The van der Waals surface area contributed by atoms with Crippen LogP contribution < -0.4 is 5.73 Å². The molecule has 0 aromatic carbocycles. The number of carbonyl (C=O) groups excluding carboxylic acids is 1. The van der Waals surface area contributed by atoms with Crippen molar-refractivity contribution in [2.45, 2.75) is 38.5 Å². The van der Waals surface area contributed by atoms with Crippen LogP contribution in [0.15, 0.2) is 18.5 Å². The lowest BCUT2D eigenvalue weighted by Crippen LogP contribution is -2.11. The lowest BCUT2D eigenvalue weighted by molar-refractivity contribution is 0.0526. The first kappa shape index (κ1) is 14.5. The number of nitrogens with zero attached hydrogens (tertiary/aromatic N) is 4. The van der Waals surface area contributed by atoms with Crippen LogP contribution in [0.4, 0.5) is 5.82 Å². The van der Waals surface area contributed by atoms with Crippen LogP contribution in [0.25, 0.3) is 5.95 Å². The number of rotatable bonds is 4. The summed E-state index contributed by atoms with van der Waals surface area (Å²) in [5.74, 6) is 0.414. The molecule has 0 unspecified atom stereocenters. The molecule has 2 aromatic heterocycles. The first-order valence-electron chi connectivity index (χ1n) is 7.55. The summed E-state index contributed by atoms with van der Waals surface area (Å²) in [5, 5.41) is 4.53. The third kappa shape index (κ3) is 2.54. The second-order valence-corrected chi connectivity index (χ2v) is 5.31. The molecule has 0 spiro atoms. The summed E-state index contributed by atoms with van der Waals surface area (Å²) in [7, 11) is 0. The van der Waals surface area contributed by atoms with Gasteiger partial charge < -0.3 is 10.5 Å². The van der Waals surface area contributed by atoms with Crippen LogP contribution in [0.1, 0.15) is 54.6 Å². The van der Waals surface area contributed by atoms with E-state index in [1.807, 2.05) is 0 Å². The molecule has 0 atom stereocenters. The Hall–Kier alpha value is -2.44. The standard InChI is InChI=1S/C15H19N5O2/c1-2-22-14(21)11-12(10-6-3-4-7-10)19-20(13(11)16)15-17-8-5-9-18-15/h5,8-10H,2-4,6-7,16H2,1H3. The normalized spacial score (nSPS) is 15.1. The molecule has 2 heterocycles. The number of aromatic nitrogens is 4. The maximum atomic E-state index is 12.3. The highest BCUT2D eigenvalue weighted by Gasteiger charge is 2.31. The minimum absolute atomic E-state index is 0.242. The van der Waals surface area contributed by atoms with Gasteiger partial charge in [-0.25, -0.2) is 14.8 Å². The first-order chi connectivity index (χ1) is 10.7. The smallest absolute Gasteiger partial charge is 0.343 e. The number of nitrogen functional groups attached to an aromatic ring is 1. The quantitative estimate of drug-likeness (QED) is 0.868. The molecule has 0 amide bonds. The van der Waals surface area contributed by atoms with E-state index in [9.17, 15) is 4.79 Å². The summed E-state index contributed by atoms with van der Waals surface area (Å²) < 4.78 is 6.58. The Balaban J connectivity index is 2.09. The van der Waals surface area contributed by atoms with Gasteiger partial charge >= 0.3 is 5.97 Å². The van der Waals surface area contributed by atoms with Crippen LogP contribution in [-0.4, -0.2) is 32.3 Å². The number of hydrogen-bond acceptors (Lipinski definition) is 6. The van der Waals surface area contributed by atoms with Crippen LogP contribution in [0.2, 0.25) is 0 Å². The minimum Gasteiger partial charge on any atom is -0.462 e. The van der Waals surface area contributed by atoms with Gasteiger partial charge in [-0.15, -0.1) is 0 Å². The van der Waals surface area contributed by atoms with Crippen LogP contribution >= 0.6 is 0 Å². The summed E-state index contributed by atoms with van der Waals surface area (Å²) in [6.45, 7) is 2.07. The fraction of sp³-hybridized carbons (Fsp3) is 0.467. The molecular weight excluding hydrogens is 282 g/mol. The van der Waals surface area contributed by atoms with Gasteiger partial charge in [0.2, 0.25) is 0 Å². The third-order valence-corrected chi connectivity index (χ3v) is 3.91. The Morgan fingerprint density at radius 2 is 2.05 bits per heavy atom. The number of nitrogens with two attached hydrogens (primary N) is 1. The van der Waals surface area contributed by atoms with Crippen LogP contribution in [-0.2, 0) is 4.74 Å². The van der Waals surface area contributed by atoms with Crippen molar-refractivity contribution in [3.05, 3.63) is 29.7 Å². The van der Waals surface area contributed by atoms with Crippen molar-refractivity contribution in [3.63, 3.8) is 0 Å². The Bertz CT molecular complexity index is 662. The second-order valence-electron chi connectivity index (χ2n) is 5.31. The van der Waals surface area contributed by atoms with Crippen molar-refractivity contribution in [2.24, 2.45) is 0 Å². The van der Waals surface area contributed by atoms with E-state index in [4.69, 9.17) is 10.5 Å². The molecule has 3 rings (SSSR count). The van der Waals surface area contributed by atoms with Gasteiger partial charge in [0.15, 0.2) is 0 Å². The minimum atomic E-state index is -0.427. The zero-order chi connectivity index (χ0) is 15.5. The summed E-state index contributed by atoms with van der Waals surface area (Å²) >= 11 is 0. The van der Waals surface area contributed by atoms with Gasteiger partial charge in [0.1, 0.15) is 11.4 Å². The van der Waals surface area contributed by atoms with Crippen molar-refractivity contribution in [1.29, 1.82) is 0 Å². The van der Waals surface area contributed by atoms with E-state index in [0.717, 1.165) is 25.7 Å². The van der Waals surface area contributed by atoms with E-state index in [2.05, 4.69) is 15.1 Å². The van der Waals surface area contributed by atoms with Crippen molar-refractivity contribution < 1.29 is 9.53 Å². The predicted octanol–water partition coefficient (Wildman–Crippen LogP) is 2.08. The molecule has 0 aliphatic heterocycles. The van der Waals surface area contributed by atoms with Gasteiger partial charge in [-0.1, -0.05) is 12.8 Å². The fourth-order valence-corrected chi connectivity index (χ4v) is 2.90. The zero-order valence-electron chi connectivity index (χ0n) is 12.5. The van der Waals surface area contributed by atoms with Gasteiger partial charge in [-0.05, 0) is 25.8 Å². The monoisotopic (exact) mass is 301 g/mol. The molecule has 1 fully saturated rings. The molecule has 22 heavy (non-hydrogen) atoms. The lowest BCUT2D eigenvalue weighted by Gasteiger charge is -2.08. The highest BCUT2D eigenvalue weighted by atomic mass is 16.5. The average molecular weight is 301 g/mol. The third-order valence-electron chi connectivity index (χ3n) is 3.91. The molecule has 1 saturated carbocycles. The number of ether oxygens (including phenoxy) is 1. The number of anilines is 1. The lowest BCUT2D eigenvalue weighted by atomic mass is 10.00. The number of esters is 1. The average Bonchev–Trinajstić information content (AvgIpc) is 3.16. The molecule has 2 aromatic rings. The van der Waals surface area contributed by atoms with Gasteiger partial charge in [-0.3, -0.25) is 0 Å². The van der Waals surface area contributed by atoms with Crippen molar-refractivity contribution in [3.8, 4) is 5.95 Å². The van der Waals surface area contributed by atoms with E-state index >= 15 is 0 Å². The Morgan fingerprint density at radius 3 is 2.68 bits per heavy atom. The highest BCUT2D eigenvalue weighted by Crippen LogP contribution is 2.37. The maximum Gasteiger partial charge on any atom is 0.343 e. The van der Waals surface area contributed by atoms with E-state index in [0.29, 0.717) is 23.8 Å². The van der Waals surface area contributed by atoms with Crippen LogP contribution in [0.3, 0.4) is 0 Å². The SMILES string of the molecule is CCOC(=O)c1c(C2CCCC2)nn(-c2ncccn2)c1N. The van der Waals surface area contributed by atoms with Gasteiger partial charge in [-0.2, -0.15) is 9.78 Å². The van der Waals surface area contributed by atoms with E-state index in [1.54, 1.807) is 25.4 Å². The molecule has 0 radical (unpaired) electrons. The summed E-state index contributed by atoms with van der Waals surface area (Å²) in [6.07, 6.45) is 7.53. The molecule has 1 aliphatic rings. The zero-order valence-corrected chi connectivity index (χ0v) is 12.5. The van der Waals surface area contributed by atoms with Gasteiger partial charge in [0.05, 0.1) is 12.3 Å². The van der Waals surface area contributed by atoms with E-state index < -0.39 is 5.97 Å². The van der Waals surface area contributed by atoms with Crippen molar-refractivity contribution in [2.75, 3.05) is 12.3 Å². The highest BCUT2D eigenvalue weighted by molar-refractivity contribution is 5.96. The largest absolute Gasteiger partial charge is 0.462 e. The molecule has 2 N–H and O–H groups in total. The topological polar surface area (TPSA) is 95.9 Å². The Morgan fingerprint density at radius 1 is 1.36 bits per heavy atom. The van der Waals surface area contributed by atoms with Gasteiger partial charge in [0.25, 0.3) is 5.95 Å². The number of carbonyl (C=O) groups is 1. The Labute approximate surface area is 128 Å². The van der Waals surface area contributed by atoms with Gasteiger partial charge in [0, 0.05) is 18.3 Å². The summed E-state index contributed by atoms with van der Waals surface area (Å²) in [4.78, 5) is 20.6. The molecule has 1 aliphatic carbocycles. The Kier molecular flexibility index (Phi) is 4.04. The van der Waals surface area contributed by atoms with Crippen molar-refractivity contribution in [1.82, 2.24) is 19.7 Å². The molecule has 7 heteroatoms. The van der Waals surface area contributed by atoms with E-state index in [-0.39, 0.29) is 11.7 Å². The van der Waals surface area contributed by atoms with Crippen molar-refractivity contribution >= 4 is 11.8 Å². The maximum absolute atomic E-state index is 12.3. The molecule has 7 nitrogen and oxygen atoms in total. The summed E-state index contributed by atoms with van der Waals surface area (Å²) in [5.41, 5.74) is 7.23. The van der Waals surface area contributed by atoms with E-state index in [1.165, 1.54) is 4.68 Å². The second kappa shape index (κ2) is 6.13.